The second-order valence-electron chi connectivity index (χ2n) is 3.84. The molecule has 0 bridgehead atoms. The molecule has 6 heteroatoms. The number of halogens is 2. The summed E-state index contributed by atoms with van der Waals surface area (Å²) in [6, 6.07) is 8.42. The van der Waals surface area contributed by atoms with Gasteiger partial charge in [-0.25, -0.2) is 4.99 Å². The molecule has 1 aromatic rings. The van der Waals surface area contributed by atoms with Gasteiger partial charge in [0.2, 0.25) is 0 Å². The molecule has 1 N–H and O–H groups in total. The summed E-state index contributed by atoms with van der Waals surface area (Å²) in [6.07, 6.45) is 0. The molecule has 3 nitrogen and oxygen atoms in total. The first kappa shape index (κ1) is 16.0. The van der Waals surface area contributed by atoms with Gasteiger partial charge in [0.1, 0.15) is 0 Å². The third-order valence-electron chi connectivity index (χ3n) is 2.60. The Morgan fingerprint density at radius 2 is 2.11 bits per heavy atom. The lowest BCUT2D eigenvalue weighted by Crippen LogP contribution is -3.00. The predicted molar refractivity (Wildman–Crippen MR) is 78.1 cm³/mol. The van der Waals surface area contributed by atoms with Crippen LogP contribution in [-0.4, -0.2) is 29.9 Å². The van der Waals surface area contributed by atoms with Crippen LogP contribution in [0.15, 0.2) is 33.7 Å². The van der Waals surface area contributed by atoms with Gasteiger partial charge in [-0.1, -0.05) is 46.7 Å². The van der Waals surface area contributed by atoms with E-state index in [1.807, 2.05) is 0 Å². The molecule has 0 radical (unpaired) electrons. The van der Waals surface area contributed by atoms with E-state index in [2.05, 4.69) is 62.3 Å². The van der Waals surface area contributed by atoms with Crippen molar-refractivity contribution >= 4 is 32.9 Å². The molecule has 0 spiro atoms. The summed E-state index contributed by atoms with van der Waals surface area (Å²) in [5, 5.41) is 4.38. The van der Waals surface area contributed by atoms with Crippen molar-refractivity contribution in [3.8, 4) is 0 Å². The van der Waals surface area contributed by atoms with Crippen molar-refractivity contribution in [1.82, 2.24) is 10.2 Å². The Morgan fingerprint density at radius 3 is 2.67 bits per heavy atom. The summed E-state index contributed by atoms with van der Waals surface area (Å²) >= 11 is 5.21. The van der Waals surface area contributed by atoms with Crippen LogP contribution < -0.4 is 22.3 Å². The molecule has 0 unspecified atom stereocenters. The lowest BCUT2D eigenvalue weighted by molar-refractivity contribution is -0.00000345. The molecule has 100 valence electrons. The fraction of sp³-hybridized carbons (Fsp3) is 0.417. The van der Waals surface area contributed by atoms with E-state index >= 15 is 0 Å². The molecule has 18 heavy (non-hydrogen) atoms. The van der Waals surface area contributed by atoms with Gasteiger partial charge in [-0.05, 0) is 24.2 Å². The quantitative estimate of drug-likeness (QED) is 0.776. The molecule has 0 saturated carbocycles. The van der Waals surface area contributed by atoms with Crippen molar-refractivity contribution in [1.29, 1.82) is 0 Å². The van der Waals surface area contributed by atoms with Gasteiger partial charge in [0.05, 0.1) is 13.3 Å². The Balaban J connectivity index is 0.00000162. The third kappa shape index (κ3) is 4.91. The SMILES string of the molecule is CCN1CN=C(SCc2ccc(Br)cc2)NC1.[Br-]. The summed E-state index contributed by atoms with van der Waals surface area (Å²) in [6.45, 7) is 4.91. The first-order chi connectivity index (χ1) is 8.28. The molecule has 0 atom stereocenters. The van der Waals surface area contributed by atoms with E-state index in [0.29, 0.717) is 0 Å². The zero-order chi connectivity index (χ0) is 12.1. The summed E-state index contributed by atoms with van der Waals surface area (Å²) in [7, 11) is 0. The fourth-order valence-electron chi connectivity index (χ4n) is 1.49. The number of amidine groups is 1. The molecule has 1 heterocycles. The maximum atomic E-state index is 4.50. The summed E-state index contributed by atoms with van der Waals surface area (Å²) < 4.78 is 1.12. The number of nitrogens with zero attached hydrogens (tertiary/aromatic N) is 2. The number of rotatable bonds is 3. The van der Waals surface area contributed by atoms with Gasteiger partial charge < -0.3 is 22.3 Å². The van der Waals surface area contributed by atoms with Crippen LogP contribution in [0.2, 0.25) is 0 Å². The number of thioether (sulfide) groups is 1. The molecule has 0 saturated heterocycles. The molecule has 2 rings (SSSR count). The van der Waals surface area contributed by atoms with E-state index in [1.165, 1.54) is 5.56 Å². The molecule has 1 aliphatic heterocycles. The Morgan fingerprint density at radius 1 is 1.39 bits per heavy atom. The summed E-state index contributed by atoms with van der Waals surface area (Å²) in [5.74, 6) is 0.964. The van der Waals surface area contributed by atoms with E-state index in [4.69, 9.17) is 0 Å². The zero-order valence-corrected chi connectivity index (χ0v) is 14.2. The molecular formula is C12H16Br2N3S-. The monoisotopic (exact) mass is 392 g/mol. The van der Waals surface area contributed by atoms with Crippen molar-refractivity contribution in [3.05, 3.63) is 34.3 Å². The first-order valence-corrected chi connectivity index (χ1v) is 7.43. The van der Waals surface area contributed by atoms with E-state index < -0.39 is 0 Å². The minimum atomic E-state index is 0. The van der Waals surface area contributed by atoms with Crippen LogP contribution in [0.3, 0.4) is 0 Å². The van der Waals surface area contributed by atoms with Gasteiger partial charge in [-0.3, -0.25) is 4.90 Å². The maximum absolute atomic E-state index is 4.50. The Hall–Kier alpha value is -0.0400. The van der Waals surface area contributed by atoms with Gasteiger partial charge in [0.15, 0.2) is 5.17 Å². The Kier molecular flexibility index (Phi) is 7.29. The third-order valence-corrected chi connectivity index (χ3v) is 4.16. The molecule has 1 aromatic carbocycles. The van der Waals surface area contributed by atoms with Crippen molar-refractivity contribution in [2.75, 3.05) is 19.9 Å². The molecule has 0 aromatic heterocycles. The van der Waals surface area contributed by atoms with Crippen molar-refractivity contribution in [2.24, 2.45) is 4.99 Å². The molecule has 0 amide bonds. The standard InChI is InChI=1S/C12H16BrN3S.BrH/c1-2-16-8-14-12(15-9-16)17-7-10-3-5-11(13)6-4-10;/h3-6H,2,7-9H2,1H3,(H,14,15);1H/p-1. The number of hydrogen-bond acceptors (Lipinski definition) is 4. The normalized spacial score (nSPS) is 15.6. The fourth-order valence-corrected chi connectivity index (χ4v) is 2.57. The maximum Gasteiger partial charge on any atom is 0.159 e. The molecule has 0 aliphatic carbocycles. The first-order valence-electron chi connectivity index (χ1n) is 5.66. The van der Waals surface area contributed by atoms with Crippen molar-refractivity contribution < 1.29 is 17.0 Å². The molecule has 1 aliphatic rings. The summed E-state index contributed by atoms with van der Waals surface area (Å²) in [5.41, 5.74) is 1.32. The van der Waals surface area contributed by atoms with E-state index in [0.717, 1.165) is 35.3 Å². The van der Waals surface area contributed by atoms with E-state index in [1.54, 1.807) is 11.8 Å². The number of aliphatic imine (C=N–C) groups is 1. The van der Waals surface area contributed by atoms with E-state index in [9.17, 15) is 0 Å². The van der Waals surface area contributed by atoms with Crippen LogP contribution in [-0.2, 0) is 5.75 Å². The second kappa shape index (κ2) is 8.19. The Labute approximate surface area is 131 Å². The van der Waals surface area contributed by atoms with Gasteiger partial charge >= 0.3 is 0 Å². The number of nitrogens with one attached hydrogen (secondary N) is 1. The van der Waals surface area contributed by atoms with Gasteiger partial charge in [0, 0.05) is 10.2 Å². The van der Waals surface area contributed by atoms with Gasteiger partial charge in [-0.2, -0.15) is 0 Å². The molecule has 0 fully saturated rings. The smallest absolute Gasteiger partial charge is 0.159 e. The van der Waals surface area contributed by atoms with Gasteiger partial charge in [-0.15, -0.1) is 0 Å². The van der Waals surface area contributed by atoms with Crippen LogP contribution in [0, 0.1) is 0 Å². The van der Waals surface area contributed by atoms with Crippen molar-refractivity contribution in [2.45, 2.75) is 12.7 Å². The molecular weight excluding hydrogens is 378 g/mol. The van der Waals surface area contributed by atoms with Crippen LogP contribution >= 0.6 is 27.7 Å². The van der Waals surface area contributed by atoms with Crippen LogP contribution in [0.25, 0.3) is 0 Å². The minimum absolute atomic E-state index is 0. The lowest BCUT2D eigenvalue weighted by atomic mass is 10.2. The predicted octanol–water partition coefficient (Wildman–Crippen LogP) is -0.118. The van der Waals surface area contributed by atoms with Gasteiger partial charge in [0.25, 0.3) is 0 Å². The minimum Gasteiger partial charge on any atom is -1.00 e. The number of benzene rings is 1. The number of hydrogen-bond donors (Lipinski definition) is 1. The van der Waals surface area contributed by atoms with E-state index in [-0.39, 0.29) is 17.0 Å². The lowest BCUT2D eigenvalue weighted by Gasteiger charge is -2.24. The highest BCUT2D eigenvalue weighted by atomic mass is 79.9. The average Bonchev–Trinajstić information content (AvgIpc) is 2.39. The van der Waals surface area contributed by atoms with Crippen LogP contribution in [0.1, 0.15) is 12.5 Å². The van der Waals surface area contributed by atoms with Crippen LogP contribution in [0.5, 0.6) is 0 Å². The van der Waals surface area contributed by atoms with Crippen LogP contribution in [0.4, 0.5) is 0 Å². The highest BCUT2D eigenvalue weighted by Gasteiger charge is 2.10. The van der Waals surface area contributed by atoms with Crippen molar-refractivity contribution in [3.63, 3.8) is 0 Å². The topological polar surface area (TPSA) is 27.6 Å². The average molecular weight is 394 g/mol. The largest absolute Gasteiger partial charge is 1.00 e. The second-order valence-corrected chi connectivity index (χ2v) is 5.72. The summed E-state index contributed by atoms with van der Waals surface area (Å²) in [4.78, 5) is 6.75. The Bertz CT molecular complexity index is 395. The zero-order valence-electron chi connectivity index (χ0n) is 10.2. The highest BCUT2D eigenvalue weighted by molar-refractivity contribution is 9.10. The highest BCUT2D eigenvalue weighted by Crippen LogP contribution is 2.17.